The van der Waals surface area contributed by atoms with Crippen molar-refractivity contribution >= 4 is 29.3 Å². The first kappa shape index (κ1) is 18.5. The van der Waals surface area contributed by atoms with Crippen LogP contribution < -0.4 is 5.32 Å². The number of nitrogens with zero attached hydrogens (tertiary/aromatic N) is 1. The highest BCUT2D eigenvalue weighted by atomic mass is 32.2. The molecule has 0 bridgehead atoms. The molecule has 0 aromatic heterocycles. The lowest BCUT2D eigenvalue weighted by Gasteiger charge is -2.29. The summed E-state index contributed by atoms with van der Waals surface area (Å²) in [4.78, 5) is 27.6. The number of anilines is 1. The number of thioether (sulfide) groups is 1. The van der Waals surface area contributed by atoms with Gasteiger partial charge in [0, 0.05) is 17.0 Å². The minimum absolute atomic E-state index is 0.0360. The van der Waals surface area contributed by atoms with Gasteiger partial charge in [-0.05, 0) is 49.2 Å². The summed E-state index contributed by atoms with van der Waals surface area (Å²) in [6.45, 7) is 3.90. The summed E-state index contributed by atoms with van der Waals surface area (Å²) in [5.74, 6) is -0.189. The number of carbonyl (C=O) groups is 2. The van der Waals surface area contributed by atoms with Crippen LogP contribution in [0.1, 0.15) is 29.3 Å². The SMILES string of the molecule is CCC1SCC(C(=O)Nc2ccc(F)cc2)N1C(=O)c1ccccc1C. The molecule has 2 unspecified atom stereocenters. The standard InChI is InChI=1S/C20H21FN2O2S/c1-3-18-23(20(25)16-7-5-4-6-13(16)2)17(12-26-18)19(24)22-15-10-8-14(21)9-11-15/h4-11,17-18H,3,12H2,1-2H3,(H,22,24). The molecule has 1 fully saturated rings. The van der Waals surface area contributed by atoms with Gasteiger partial charge in [-0.1, -0.05) is 25.1 Å². The topological polar surface area (TPSA) is 49.4 Å². The first-order valence-electron chi connectivity index (χ1n) is 8.57. The monoisotopic (exact) mass is 372 g/mol. The van der Waals surface area contributed by atoms with Gasteiger partial charge in [0.05, 0.1) is 5.37 Å². The zero-order valence-electron chi connectivity index (χ0n) is 14.7. The van der Waals surface area contributed by atoms with Crippen LogP contribution in [-0.4, -0.2) is 33.9 Å². The van der Waals surface area contributed by atoms with Gasteiger partial charge in [0.1, 0.15) is 11.9 Å². The molecule has 1 aliphatic rings. The largest absolute Gasteiger partial charge is 0.324 e. The molecule has 0 spiro atoms. The Morgan fingerprint density at radius 3 is 2.54 bits per heavy atom. The van der Waals surface area contributed by atoms with Gasteiger partial charge in [-0.25, -0.2) is 4.39 Å². The van der Waals surface area contributed by atoms with Crippen molar-refractivity contribution in [3.05, 3.63) is 65.5 Å². The Morgan fingerprint density at radius 2 is 1.88 bits per heavy atom. The average Bonchev–Trinajstić information content (AvgIpc) is 3.07. The quantitative estimate of drug-likeness (QED) is 0.880. The first-order chi connectivity index (χ1) is 12.5. The molecule has 1 saturated heterocycles. The number of amides is 2. The van der Waals surface area contributed by atoms with E-state index in [9.17, 15) is 14.0 Å². The fourth-order valence-corrected chi connectivity index (χ4v) is 4.42. The summed E-state index contributed by atoms with van der Waals surface area (Å²) in [6.07, 6.45) is 0.766. The second kappa shape index (κ2) is 7.91. The molecule has 136 valence electrons. The highest BCUT2D eigenvalue weighted by Crippen LogP contribution is 2.33. The van der Waals surface area contributed by atoms with Crippen LogP contribution in [0, 0.1) is 12.7 Å². The summed E-state index contributed by atoms with van der Waals surface area (Å²) in [5.41, 5.74) is 2.03. The fraction of sp³-hybridized carbons (Fsp3) is 0.300. The van der Waals surface area contributed by atoms with Crippen molar-refractivity contribution in [1.29, 1.82) is 0 Å². The van der Waals surface area contributed by atoms with E-state index in [0.717, 1.165) is 12.0 Å². The van der Waals surface area contributed by atoms with Gasteiger partial charge < -0.3 is 10.2 Å². The molecule has 6 heteroatoms. The summed E-state index contributed by atoms with van der Waals surface area (Å²) in [7, 11) is 0. The van der Waals surface area contributed by atoms with Crippen LogP contribution in [0.25, 0.3) is 0 Å². The second-order valence-electron chi connectivity index (χ2n) is 6.24. The van der Waals surface area contributed by atoms with E-state index in [0.29, 0.717) is 17.0 Å². The molecule has 3 rings (SSSR count). The molecule has 2 amide bonds. The predicted molar refractivity (Wildman–Crippen MR) is 103 cm³/mol. The van der Waals surface area contributed by atoms with Crippen LogP contribution in [0.5, 0.6) is 0 Å². The van der Waals surface area contributed by atoms with Gasteiger partial charge >= 0.3 is 0 Å². The Labute approximate surface area is 156 Å². The number of rotatable bonds is 4. The third kappa shape index (κ3) is 3.75. The van der Waals surface area contributed by atoms with E-state index >= 15 is 0 Å². The molecular weight excluding hydrogens is 351 g/mol. The Kier molecular flexibility index (Phi) is 5.61. The van der Waals surface area contributed by atoms with Crippen molar-refractivity contribution < 1.29 is 14.0 Å². The molecule has 1 N–H and O–H groups in total. The molecule has 2 aromatic rings. The lowest BCUT2D eigenvalue weighted by Crippen LogP contribution is -2.47. The van der Waals surface area contributed by atoms with E-state index in [1.807, 2.05) is 32.0 Å². The molecule has 1 heterocycles. The Balaban J connectivity index is 1.83. The Bertz CT molecular complexity index is 810. The molecule has 0 aliphatic carbocycles. The molecule has 26 heavy (non-hydrogen) atoms. The van der Waals surface area contributed by atoms with E-state index in [2.05, 4.69) is 5.32 Å². The van der Waals surface area contributed by atoms with Crippen molar-refractivity contribution in [3.8, 4) is 0 Å². The number of halogens is 1. The average molecular weight is 372 g/mol. The van der Waals surface area contributed by atoms with E-state index in [1.54, 1.807) is 22.7 Å². The number of carbonyl (C=O) groups excluding carboxylic acids is 2. The highest BCUT2D eigenvalue weighted by molar-refractivity contribution is 8.00. The molecule has 2 aromatic carbocycles. The summed E-state index contributed by atoms with van der Waals surface area (Å²) >= 11 is 1.61. The van der Waals surface area contributed by atoms with Gasteiger partial charge in [0.25, 0.3) is 5.91 Å². The van der Waals surface area contributed by atoms with Crippen molar-refractivity contribution in [2.24, 2.45) is 0 Å². The van der Waals surface area contributed by atoms with Crippen molar-refractivity contribution in [1.82, 2.24) is 4.90 Å². The minimum Gasteiger partial charge on any atom is -0.324 e. The molecular formula is C20H21FN2O2S. The second-order valence-corrected chi connectivity index (χ2v) is 7.45. The number of aryl methyl sites for hydroxylation is 1. The molecule has 0 saturated carbocycles. The highest BCUT2D eigenvalue weighted by Gasteiger charge is 2.41. The third-order valence-electron chi connectivity index (χ3n) is 4.47. The molecule has 4 nitrogen and oxygen atoms in total. The minimum atomic E-state index is -0.554. The lowest BCUT2D eigenvalue weighted by molar-refractivity contribution is -0.119. The van der Waals surface area contributed by atoms with Crippen molar-refractivity contribution in [2.45, 2.75) is 31.7 Å². The Hall–Kier alpha value is -2.34. The van der Waals surface area contributed by atoms with Crippen LogP contribution in [0.4, 0.5) is 10.1 Å². The lowest BCUT2D eigenvalue weighted by atomic mass is 10.1. The first-order valence-corrected chi connectivity index (χ1v) is 9.62. The third-order valence-corrected chi connectivity index (χ3v) is 5.92. The summed E-state index contributed by atoms with van der Waals surface area (Å²) in [5, 5.41) is 2.76. The van der Waals surface area contributed by atoms with Gasteiger partial charge in [-0.3, -0.25) is 9.59 Å². The van der Waals surface area contributed by atoms with Crippen LogP contribution in [0.15, 0.2) is 48.5 Å². The van der Waals surface area contributed by atoms with E-state index < -0.39 is 6.04 Å². The summed E-state index contributed by atoms with van der Waals surface area (Å²) < 4.78 is 13.0. The van der Waals surface area contributed by atoms with Gasteiger partial charge in [-0.15, -0.1) is 11.8 Å². The van der Waals surface area contributed by atoms with Crippen LogP contribution >= 0.6 is 11.8 Å². The van der Waals surface area contributed by atoms with Gasteiger partial charge in [0.2, 0.25) is 5.91 Å². The van der Waals surface area contributed by atoms with Gasteiger partial charge in [0.15, 0.2) is 0 Å². The van der Waals surface area contributed by atoms with E-state index in [4.69, 9.17) is 0 Å². The number of hydrogen-bond acceptors (Lipinski definition) is 3. The van der Waals surface area contributed by atoms with Gasteiger partial charge in [-0.2, -0.15) is 0 Å². The zero-order chi connectivity index (χ0) is 18.7. The van der Waals surface area contributed by atoms with Crippen LogP contribution in [0.2, 0.25) is 0 Å². The smallest absolute Gasteiger partial charge is 0.255 e. The number of benzene rings is 2. The molecule has 0 radical (unpaired) electrons. The predicted octanol–water partition coefficient (Wildman–Crippen LogP) is 4.07. The maximum atomic E-state index is 13.1. The van der Waals surface area contributed by atoms with E-state index in [1.165, 1.54) is 24.3 Å². The van der Waals surface area contributed by atoms with Crippen LogP contribution in [-0.2, 0) is 4.79 Å². The summed E-state index contributed by atoms with van der Waals surface area (Å²) in [6, 6.07) is 12.5. The van der Waals surface area contributed by atoms with Crippen molar-refractivity contribution in [2.75, 3.05) is 11.1 Å². The zero-order valence-corrected chi connectivity index (χ0v) is 15.6. The normalized spacial score (nSPS) is 19.4. The maximum absolute atomic E-state index is 13.1. The number of hydrogen-bond donors (Lipinski definition) is 1. The maximum Gasteiger partial charge on any atom is 0.255 e. The fourth-order valence-electron chi connectivity index (χ4n) is 3.06. The number of nitrogens with one attached hydrogen (secondary N) is 1. The molecule has 1 aliphatic heterocycles. The van der Waals surface area contributed by atoms with Crippen LogP contribution in [0.3, 0.4) is 0 Å². The Morgan fingerprint density at radius 1 is 1.19 bits per heavy atom. The van der Waals surface area contributed by atoms with E-state index in [-0.39, 0.29) is 23.0 Å². The van der Waals surface area contributed by atoms with Crippen molar-refractivity contribution in [3.63, 3.8) is 0 Å². The molecule has 2 atom stereocenters.